The van der Waals surface area contributed by atoms with Gasteiger partial charge in [0, 0.05) is 36.5 Å². The quantitative estimate of drug-likeness (QED) is 0.878. The molecule has 1 aliphatic carbocycles. The highest BCUT2D eigenvalue weighted by Crippen LogP contribution is 2.31. The van der Waals surface area contributed by atoms with Gasteiger partial charge in [-0.3, -0.25) is 4.99 Å². The summed E-state index contributed by atoms with van der Waals surface area (Å²) in [6.45, 7) is 12.8. The predicted molar refractivity (Wildman–Crippen MR) is 115 cm³/mol. The van der Waals surface area contributed by atoms with Crippen molar-refractivity contribution in [1.82, 2.24) is 19.9 Å². The lowest BCUT2D eigenvalue weighted by Crippen LogP contribution is -2.38. The second kappa shape index (κ2) is 7.08. The Morgan fingerprint density at radius 3 is 2.75 bits per heavy atom. The SMILES string of the molecule is C=C(CC(C)(C)C)N1CCC(=NC2CC2)C(=C(N)n2nnc3ccccc32)C1. The molecule has 2 aromatic rings. The number of fused-ring (bicyclic) bond motifs is 1. The maximum absolute atomic E-state index is 6.66. The van der Waals surface area contributed by atoms with Crippen LogP contribution in [0.25, 0.3) is 16.9 Å². The van der Waals surface area contributed by atoms with Crippen LogP contribution in [-0.4, -0.2) is 44.7 Å². The van der Waals surface area contributed by atoms with Gasteiger partial charge in [0.1, 0.15) is 11.3 Å². The monoisotopic (exact) mass is 378 g/mol. The van der Waals surface area contributed by atoms with Gasteiger partial charge in [-0.05, 0) is 36.8 Å². The van der Waals surface area contributed by atoms with E-state index in [4.69, 9.17) is 10.7 Å². The minimum absolute atomic E-state index is 0.205. The fourth-order valence-corrected chi connectivity index (χ4v) is 3.72. The highest BCUT2D eigenvalue weighted by molar-refractivity contribution is 6.06. The van der Waals surface area contributed by atoms with E-state index in [-0.39, 0.29) is 5.41 Å². The molecule has 1 aromatic heterocycles. The second-order valence-electron chi connectivity index (χ2n) is 9.14. The Morgan fingerprint density at radius 2 is 2.04 bits per heavy atom. The summed E-state index contributed by atoms with van der Waals surface area (Å²) < 4.78 is 1.75. The summed E-state index contributed by atoms with van der Waals surface area (Å²) >= 11 is 0. The van der Waals surface area contributed by atoms with Gasteiger partial charge in [0.2, 0.25) is 0 Å². The number of para-hydroxylation sites is 1. The Labute approximate surface area is 166 Å². The molecule has 1 aromatic carbocycles. The molecule has 0 spiro atoms. The van der Waals surface area contributed by atoms with Crippen molar-refractivity contribution in [1.29, 1.82) is 0 Å². The van der Waals surface area contributed by atoms with Crippen molar-refractivity contribution in [2.75, 3.05) is 13.1 Å². The normalized spacial score (nSPS) is 21.4. The zero-order valence-corrected chi connectivity index (χ0v) is 17.1. The molecular weight excluding hydrogens is 348 g/mol. The fourth-order valence-electron chi connectivity index (χ4n) is 3.72. The predicted octanol–water partition coefficient (Wildman–Crippen LogP) is 3.82. The van der Waals surface area contributed by atoms with Gasteiger partial charge in [-0.25, -0.2) is 0 Å². The molecule has 148 valence electrons. The Balaban J connectivity index is 1.70. The van der Waals surface area contributed by atoms with Gasteiger partial charge in [-0.15, -0.1) is 5.10 Å². The smallest absolute Gasteiger partial charge is 0.134 e. The molecular formula is C22H30N6. The minimum atomic E-state index is 0.205. The highest BCUT2D eigenvalue weighted by atomic mass is 15.4. The first-order chi connectivity index (χ1) is 13.3. The largest absolute Gasteiger partial charge is 0.383 e. The molecule has 2 heterocycles. The van der Waals surface area contributed by atoms with Crippen LogP contribution in [0.5, 0.6) is 0 Å². The zero-order valence-electron chi connectivity index (χ0n) is 17.1. The number of piperidine rings is 1. The third kappa shape index (κ3) is 3.96. The number of allylic oxidation sites excluding steroid dienone is 1. The van der Waals surface area contributed by atoms with Gasteiger partial charge in [-0.1, -0.05) is 44.7 Å². The maximum Gasteiger partial charge on any atom is 0.134 e. The molecule has 2 fully saturated rings. The second-order valence-corrected chi connectivity index (χ2v) is 9.14. The molecule has 0 amide bonds. The standard InChI is InChI=1S/C22H30N6/c1-15(13-22(2,3)4)27-12-11-18(24-16-9-10-16)17(14-27)21(23)28-20-8-6-5-7-19(20)25-26-28/h5-8,16H,1,9-14,23H2,2-4H3. The molecule has 1 saturated heterocycles. The molecule has 0 atom stereocenters. The van der Waals surface area contributed by atoms with Gasteiger partial charge < -0.3 is 10.6 Å². The van der Waals surface area contributed by atoms with Crippen LogP contribution in [0.1, 0.15) is 46.5 Å². The first kappa shape index (κ1) is 18.7. The van der Waals surface area contributed by atoms with Gasteiger partial charge in [0.15, 0.2) is 0 Å². The lowest BCUT2D eigenvalue weighted by molar-refractivity contribution is 0.306. The van der Waals surface area contributed by atoms with E-state index in [1.54, 1.807) is 4.68 Å². The number of likely N-dealkylation sites (tertiary alicyclic amines) is 1. The van der Waals surface area contributed by atoms with E-state index in [0.29, 0.717) is 11.9 Å². The fraction of sp³-hybridized carbons (Fsp3) is 0.500. The van der Waals surface area contributed by atoms with E-state index in [1.165, 1.54) is 12.8 Å². The number of hydrogen-bond acceptors (Lipinski definition) is 5. The van der Waals surface area contributed by atoms with E-state index in [9.17, 15) is 0 Å². The summed E-state index contributed by atoms with van der Waals surface area (Å²) in [4.78, 5) is 7.31. The lowest BCUT2D eigenvalue weighted by atomic mass is 9.89. The van der Waals surface area contributed by atoms with Crippen molar-refractivity contribution in [2.45, 2.75) is 52.5 Å². The van der Waals surface area contributed by atoms with Crippen molar-refractivity contribution in [3.8, 4) is 0 Å². The number of hydrogen-bond donors (Lipinski definition) is 1. The van der Waals surface area contributed by atoms with Crippen LogP contribution in [-0.2, 0) is 0 Å². The number of aromatic nitrogens is 3. The molecule has 2 N–H and O–H groups in total. The summed E-state index contributed by atoms with van der Waals surface area (Å²) in [5.74, 6) is 0.626. The lowest BCUT2D eigenvalue weighted by Gasteiger charge is -2.36. The zero-order chi connectivity index (χ0) is 19.9. The van der Waals surface area contributed by atoms with Gasteiger partial charge in [0.05, 0.1) is 11.6 Å². The van der Waals surface area contributed by atoms with E-state index in [2.05, 4.69) is 42.6 Å². The third-order valence-electron chi connectivity index (χ3n) is 5.27. The maximum atomic E-state index is 6.66. The van der Waals surface area contributed by atoms with Crippen LogP contribution in [0.4, 0.5) is 0 Å². The van der Waals surface area contributed by atoms with Gasteiger partial charge >= 0.3 is 0 Å². The van der Waals surface area contributed by atoms with Crippen molar-refractivity contribution in [3.63, 3.8) is 0 Å². The van der Waals surface area contributed by atoms with Crippen molar-refractivity contribution in [2.24, 2.45) is 16.1 Å². The average molecular weight is 379 g/mol. The van der Waals surface area contributed by atoms with Gasteiger partial charge in [0.25, 0.3) is 0 Å². The molecule has 0 radical (unpaired) electrons. The number of rotatable bonds is 4. The van der Waals surface area contributed by atoms with Gasteiger partial charge in [-0.2, -0.15) is 4.68 Å². The summed E-state index contributed by atoms with van der Waals surface area (Å²) in [6.07, 6.45) is 4.22. The number of benzene rings is 1. The Hall–Kier alpha value is -2.63. The van der Waals surface area contributed by atoms with E-state index >= 15 is 0 Å². The first-order valence-electron chi connectivity index (χ1n) is 10.1. The molecule has 6 nitrogen and oxygen atoms in total. The molecule has 2 aliphatic rings. The van der Waals surface area contributed by atoms with Crippen LogP contribution in [0, 0.1) is 5.41 Å². The van der Waals surface area contributed by atoms with E-state index in [1.807, 2.05) is 24.3 Å². The van der Waals surface area contributed by atoms with Crippen molar-refractivity contribution >= 4 is 22.6 Å². The summed E-state index contributed by atoms with van der Waals surface area (Å²) in [7, 11) is 0. The summed E-state index contributed by atoms with van der Waals surface area (Å²) in [6, 6.07) is 8.37. The first-order valence-corrected chi connectivity index (χ1v) is 10.1. The van der Waals surface area contributed by atoms with Crippen LogP contribution < -0.4 is 5.73 Å². The van der Waals surface area contributed by atoms with Crippen molar-refractivity contribution < 1.29 is 0 Å². The molecule has 1 aliphatic heterocycles. The third-order valence-corrected chi connectivity index (χ3v) is 5.27. The van der Waals surface area contributed by atoms with Crippen LogP contribution in [0.2, 0.25) is 0 Å². The number of nitrogens with two attached hydrogens (primary N) is 1. The molecule has 1 saturated carbocycles. The molecule has 0 unspecified atom stereocenters. The minimum Gasteiger partial charge on any atom is -0.383 e. The molecule has 0 bridgehead atoms. The summed E-state index contributed by atoms with van der Waals surface area (Å²) in [5, 5.41) is 8.58. The van der Waals surface area contributed by atoms with Crippen molar-refractivity contribution in [3.05, 3.63) is 42.1 Å². The Kier molecular flexibility index (Phi) is 4.73. The van der Waals surface area contributed by atoms with E-state index in [0.717, 1.165) is 53.9 Å². The van der Waals surface area contributed by atoms with Crippen LogP contribution >= 0.6 is 0 Å². The topological polar surface area (TPSA) is 72.3 Å². The molecule has 4 rings (SSSR count). The molecule has 6 heteroatoms. The number of nitrogens with zero attached hydrogens (tertiary/aromatic N) is 5. The Bertz CT molecular complexity index is 955. The van der Waals surface area contributed by atoms with Crippen LogP contribution in [0.3, 0.4) is 0 Å². The van der Waals surface area contributed by atoms with E-state index < -0.39 is 0 Å². The summed E-state index contributed by atoms with van der Waals surface area (Å²) in [5.41, 5.74) is 12.0. The average Bonchev–Trinajstić information content (AvgIpc) is 3.35. The highest BCUT2D eigenvalue weighted by Gasteiger charge is 2.29. The van der Waals surface area contributed by atoms with Crippen LogP contribution in [0.15, 0.2) is 47.1 Å². The Morgan fingerprint density at radius 1 is 1.29 bits per heavy atom. The molecule has 28 heavy (non-hydrogen) atoms. The number of aliphatic imine (C=N–C) groups is 1.